The molecule has 0 radical (unpaired) electrons. The zero-order valence-corrected chi connectivity index (χ0v) is 11.3. The van der Waals surface area contributed by atoms with Crippen molar-refractivity contribution < 1.29 is 0 Å². The first-order valence-electron chi connectivity index (χ1n) is 6.93. The van der Waals surface area contributed by atoms with Gasteiger partial charge in [0.2, 0.25) is 0 Å². The summed E-state index contributed by atoms with van der Waals surface area (Å²) in [6.45, 7) is 4.25. The van der Waals surface area contributed by atoms with Crippen LogP contribution in [-0.2, 0) is 19.3 Å². The topological polar surface area (TPSA) is 37.8 Å². The van der Waals surface area contributed by atoms with Crippen LogP contribution in [0.4, 0.5) is 0 Å². The van der Waals surface area contributed by atoms with E-state index < -0.39 is 0 Å². The van der Waals surface area contributed by atoms with Gasteiger partial charge in [0.05, 0.1) is 11.4 Å². The minimum atomic E-state index is 0.875. The minimum absolute atomic E-state index is 0.875. The van der Waals surface area contributed by atoms with Crippen LogP contribution in [0.25, 0.3) is 0 Å². The van der Waals surface area contributed by atoms with Crippen molar-refractivity contribution in [2.75, 3.05) is 13.1 Å². The Bertz CT molecular complexity index is 564. The lowest BCUT2D eigenvalue weighted by Gasteiger charge is -2.11. The van der Waals surface area contributed by atoms with Crippen LogP contribution in [-0.4, -0.2) is 23.3 Å². The third-order valence-electron chi connectivity index (χ3n) is 3.83. The maximum absolute atomic E-state index is 4.45. The smallest absolute Gasteiger partial charge is 0.0706 e. The molecule has 0 atom stereocenters. The highest BCUT2D eigenvalue weighted by molar-refractivity contribution is 5.35. The summed E-state index contributed by atoms with van der Waals surface area (Å²) in [6, 6.07) is 10.5. The highest BCUT2D eigenvalue weighted by atomic mass is 15.1. The molecule has 2 aromatic rings. The largest absolute Gasteiger partial charge is 0.316 e. The number of benzene rings is 1. The Hall–Kier alpha value is -1.74. The highest BCUT2D eigenvalue weighted by Gasteiger charge is 2.15. The van der Waals surface area contributed by atoms with Gasteiger partial charge in [-0.2, -0.15) is 10.2 Å². The van der Waals surface area contributed by atoms with E-state index in [1.807, 2.05) is 6.07 Å². The molecule has 3 heteroatoms. The zero-order chi connectivity index (χ0) is 13.1. The quantitative estimate of drug-likeness (QED) is 0.890. The van der Waals surface area contributed by atoms with Gasteiger partial charge in [0.25, 0.3) is 0 Å². The van der Waals surface area contributed by atoms with E-state index >= 15 is 0 Å². The van der Waals surface area contributed by atoms with Crippen molar-refractivity contribution in [3.63, 3.8) is 0 Å². The van der Waals surface area contributed by atoms with Gasteiger partial charge in [0, 0.05) is 19.4 Å². The fourth-order valence-corrected chi connectivity index (χ4v) is 2.68. The van der Waals surface area contributed by atoms with Gasteiger partial charge < -0.3 is 5.32 Å². The second-order valence-electron chi connectivity index (χ2n) is 5.11. The summed E-state index contributed by atoms with van der Waals surface area (Å²) in [4.78, 5) is 0. The lowest BCUT2D eigenvalue weighted by molar-refractivity contribution is 0.706. The number of nitrogens with one attached hydrogen (secondary N) is 1. The third kappa shape index (κ3) is 2.66. The molecule has 1 aromatic carbocycles. The van der Waals surface area contributed by atoms with Gasteiger partial charge in [-0.25, -0.2) is 0 Å². The standard InChI is InChI=1S/C16H19N3/c1-12-14-7-9-17-10-8-15(14)18-19-16(12)11-13-5-3-2-4-6-13/h2-6,17H,7-11H2,1H3. The van der Waals surface area contributed by atoms with Crippen LogP contribution < -0.4 is 5.32 Å². The molecule has 19 heavy (non-hydrogen) atoms. The van der Waals surface area contributed by atoms with Gasteiger partial charge in [-0.15, -0.1) is 0 Å². The number of aromatic nitrogens is 2. The molecule has 1 N–H and O–H groups in total. The Kier molecular flexibility index (Phi) is 3.56. The van der Waals surface area contributed by atoms with Gasteiger partial charge in [-0.05, 0) is 36.6 Å². The molecule has 1 aliphatic rings. The Morgan fingerprint density at radius 1 is 1.05 bits per heavy atom. The van der Waals surface area contributed by atoms with E-state index in [2.05, 4.69) is 46.7 Å². The van der Waals surface area contributed by atoms with Crippen molar-refractivity contribution in [1.29, 1.82) is 0 Å². The van der Waals surface area contributed by atoms with Crippen molar-refractivity contribution in [2.24, 2.45) is 0 Å². The van der Waals surface area contributed by atoms with Gasteiger partial charge in [0.1, 0.15) is 0 Å². The average molecular weight is 253 g/mol. The number of hydrogen-bond acceptors (Lipinski definition) is 3. The molecule has 0 amide bonds. The van der Waals surface area contributed by atoms with Crippen LogP contribution in [0.2, 0.25) is 0 Å². The average Bonchev–Trinajstić information content (AvgIpc) is 2.69. The van der Waals surface area contributed by atoms with Gasteiger partial charge in [-0.3, -0.25) is 0 Å². The molecule has 0 fully saturated rings. The second-order valence-corrected chi connectivity index (χ2v) is 5.11. The number of hydrogen-bond donors (Lipinski definition) is 1. The van der Waals surface area contributed by atoms with Crippen LogP contribution in [0.1, 0.15) is 28.1 Å². The molecular weight excluding hydrogens is 234 g/mol. The predicted octanol–water partition coefficient (Wildman–Crippen LogP) is 2.06. The Morgan fingerprint density at radius 3 is 2.68 bits per heavy atom. The number of fused-ring (bicyclic) bond motifs is 1. The van der Waals surface area contributed by atoms with E-state index in [0.717, 1.165) is 38.0 Å². The van der Waals surface area contributed by atoms with Crippen molar-refractivity contribution in [3.8, 4) is 0 Å². The lowest BCUT2D eigenvalue weighted by atomic mass is 9.99. The van der Waals surface area contributed by atoms with E-state index in [0.29, 0.717) is 0 Å². The van der Waals surface area contributed by atoms with Crippen LogP contribution >= 0.6 is 0 Å². The zero-order valence-electron chi connectivity index (χ0n) is 11.3. The summed E-state index contributed by atoms with van der Waals surface area (Å²) in [5, 5.41) is 12.3. The molecule has 3 rings (SSSR count). The van der Waals surface area contributed by atoms with Crippen molar-refractivity contribution >= 4 is 0 Å². The second kappa shape index (κ2) is 5.49. The highest BCUT2D eigenvalue weighted by Crippen LogP contribution is 2.19. The fourth-order valence-electron chi connectivity index (χ4n) is 2.68. The monoisotopic (exact) mass is 253 g/mol. The maximum Gasteiger partial charge on any atom is 0.0706 e. The third-order valence-corrected chi connectivity index (χ3v) is 3.83. The Morgan fingerprint density at radius 2 is 1.84 bits per heavy atom. The molecule has 2 heterocycles. The summed E-state index contributed by atoms with van der Waals surface area (Å²) in [5.41, 5.74) is 6.33. The first kappa shape index (κ1) is 12.3. The summed E-state index contributed by atoms with van der Waals surface area (Å²) >= 11 is 0. The molecule has 1 aliphatic heterocycles. The summed E-state index contributed by atoms with van der Waals surface area (Å²) in [7, 11) is 0. The molecule has 0 saturated carbocycles. The summed E-state index contributed by atoms with van der Waals surface area (Å²) in [5.74, 6) is 0. The Labute approximate surface area is 114 Å². The summed E-state index contributed by atoms with van der Waals surface area (Å²) in [6.07, 6.45) is 2.94. The molecular formula is C16H19N3. The van der Waals surface area contributed by atoms with E-state index in [1.54, 1.807) is 0 Å². The SMILES string of the molecule is Cc1c(Cc2ccccc2)nnc2c1CCNCC2. The lowest BCUT2D eigenvalue weighted by Crippen LogP contribution is -2.16. The van der Waals surface area contributed by atoms with E-state index in [4.69, 9.17) is 0 Å². The van der Waals surface area contributed by atoms with Gasteiger partial charge in [-0.1, -0.05) is 30.3 Å². The fraction of sp³-hybridized carbons (Fsp3) is 0.375. The van der Waals surface area contributed by atoms with Crippen LogP contribution in [0.3, 0.4) is 0 Å². The van der Waals surface area contributed by atoms with Gasteiger partial charge >= 0.3 is 0 Å². The number of rotatable bonds is 2. The molecule has 0 bridgehead atoms. The maximum atomic E-state index is 4.45. The van der Waals surface area contributed by atoms with E-state index in [9.17, 15) is 0 Å². The molecule has 0 spiro atoms. The van der Waals surface area contributed by atoms with Crippen molar-refractivity contribution in [1.82, 2.24) is 15.5 Å². The minimum Gasteiger partial charge on any atom is -0.316 e. The van der Waals surface area contributed by atoms with Crippen molar-refractivity contribution in [2.45, 2.75) is 26.2 Å². The predicted molar refractivity (Wildman–Crippen MR) is 76.3 cm³/mol. The normalized spacial score (nSPS) is 14.8. The van der Waals surface area contributed by atoms with Crippen molar-refractivity contribution in [3.05, 3.63) is 58.4 Å². The van der Waals surface area contributed by atoms with E-state index in [1.165, 1.54) is 22.4 Å². The van der Waals surface area contributed by atoms with Crippen LogP contribution in [0, 0.1) is 6.92 Å². The Balaban J connectivity index is 1.93. The van der Waals surface area contributed by atoms with Crippen LogP contribution in [0.5, 0.6) is 0 Å². The van der Waals surface area contributed by atoms with E-state index in [-0.39, 0.29) is 0 Å². The first-order chi connectivity index (χ1) is 9.34. The number of nitrogens with zero attached hydrogens (tertiary/aromatic N) is 2. The molecule has 0 aliphatic carbocycles. The summed E-state index contributed by atoms with van der Waals surface area (Å²) < 4.78 is 0. The van der Waals surface area contributed by atoms with Gasteiger partial charge in [0.15, 0.2) is 0 Å². The molecule has 0 saturated heterocycles. The molecule has 98 valence electrons. The molecule has 3 nitrogen and oxygen atoms in total. The molecule has 1 aromatic heterocycles. The molecule has 0 unspecified atom stereocenters. The first-order valence-corrected chi connectivity index (χ1v) is 6.93. The van der Waals surface area contributed by atoms with Crippen LogP contribution in [0.15, 0.2) is 30.3 Å².